The Balaban J connectivity index is 1.57. The molecule has 0 fully saturated rings. The predicted molar refractivity (Wildman–Crippen MR) is 130 cm³/mol. The van der Waals surface area contributed by atoms with Gasteiger partial charge in [0.15, 0.2) is 22.5 Å². The molecule has 0 radical (unpaired) electrons. The summed E-state index contributed by atoms with van der Waals surface area (Å²) in [5, 5.41) is 14.2. The van der Waals surface area contributed by atoms with E-state index in [-0.39, 0.29) is 11.7 Å². The Morgan fingerprint density at radius 3 is 2.48 bits per heavy atom. The first kappa shape index (κ1) is 22.7. The van der Waals surface area contributed by atoms with E-state index in [1.54, 1.807) is 50.9 Å². The summed E-state index contributed by atoms with van der Waals surface area (Å²) < 4.78 is 18.0. The summed E-state index contributed by atoms with van der Waals surface area (Å²) in [7, 11) is 4.74. The van der Waals surface area contributed by atoms with Crippen molar-refractivity contribution in [3.8, 4) is 33.6 Å². The molecule has 0 aliphatic carbocycles. The molecule has 170 valence electrons. The number of benzene rings is 2. The van der Waals surface area contributed by atoms with Gasteiger partial charge in [-0.1, -0.05) is 30.0 Å². The van der Waals surface area contributed by atoms with Crippen LogP contribution in [0.5, 0.6) is 17.2 Å². The van der Waals surface area contributed by atoms with E-state index in [0.717, 1.165) is 10.6 Å². The second-order valence-corrected chi connectivity index (χ2v) is 8.59. The van der Waals surface area contributed by atoms with E-state index < -0.39 is 0 Å². The van der Waals surface area contributed by atoms with E-state index >= 15 is 0 Å². The Morgan fingerprint density at radius 1 is 0.970 bits per heavy atom. The molecule has 2 aromatic carbocycles. The Morgan fingerprint density at radius 2 is 1.76 bits per heavy atom. The van der Waals surface area contributed by atoms with Gasteiger partial charge >= 0.3 is 0 Å². The lowest BCUT2D eigenvalue weighted by Crippen LogP contribution is -2.14. The zero-order valence-electron chi connectivity index (χ0n) is 18.3. The monoisotopic (exact) mass is 482 g/mol. The molecule has 1 N–H and O–H groups in total. The number of carbonyl (C=O) groups excluding carboxylic acids is 1. The average Bonchev–Trinajstić information content (AvgIpc) is 3.52. The van der Waals surface area contributed by atoms with Crippen molar-refractivity contribution < 1.29 is 19.0 Å². The molecule has 8 nitrogen and oxygen atoms in total. The van der Waals surface area contributed by atoms with Gasteiger partial charge in [0.05, 0.1) is 37.6 Å². The number of rotatable bonds is 9. The second kappa shape index (κ2) is 10.4. The summed E-state index contributed by atoms with van der Waals surface area (Å²) in [4.78, 5) is 13.6. The van der Waals surface area contributed by atoms with Crippen LogP contribution in [-0.2, 0) is 4.79 Å². The van der Waals surface area contributed by atoms with Crippen molar-refractivity contribution in [3.63, 3.8) is 0 Å². The third kappa shape index (κ3) is 4.96. The molecule has 0 saturated heterocycles. The van der Waals surface area contributed by atoms with Gasteiger partial charge in [-0.25, -0.2) is 0 Å². The van der Waals surface area contributed by atoms with Crippen LogP contribution in [0, 0.1) is 0 Å². The van der Waals surface area contributed by atoms with Crippen molar-refractivity contribution in [3.05, 3.63) is 60.0 Å². The molecular weight excluding hydrogens is 460 g/mol. The number of thiophene rings is 1. The minimum Gasteiger partial charge on any atom is -0.495 e. The molecule has 0 saturated carbocycles. The van der Waals surface area contributed by atoms with E-state index in [4.69, 9.17) is 14.2 Å². The molecular formula is C23H22N4O4S2. The number of nitrogens with one attached hydrogen (secondary N) is 1. The minimum atomic E-state index is -0.181. The fourth-order valence-corrected chi connectivity index (χ4v) is 4.64. The molecule has 2 heterocycles. The van der Waals surface area contributed by atoms with Crippen molar-refractivity contribution >= 4 is 34.7 Å². The summed E-state index contributed by atoms with van der Waals surface area (Å²) in [6.45, 7) is 0. The maximum atomic E-state index is 12.7. The van der Waals surface area contributed by atoms with Gasteiger partial charge < -0.3 is 19.5 Å². The second-order valence-electron chi connectivity index (χ2n) is 6.70. The van der Waals surface area contributed by atoms with Crippen molar-refractivity contribution in [2.24, 2.45) is 0 Å². The van der Waals surface area contributed by atoms with E-state index in [1.807, 2.05) is 46.3 Å². The minimum absolute atomic E-state index is 0.145. The SMILES string of the molecule is COc1ccc(NC(=O)CSc2nnc(-c3cccs3)n2-c2ccccc2OC)cc1OC. The van der Waals surface area contributed by atoms with Gasteiger partial charge in [-0.2, -0.15) is 0 Å². The van der Waals surface area contributed by atoms with Crippen LogP contribution < -0.4 is 19.5 Å². The van der Waals surface area contributed by atoms with Crippen LogP contribution in [0.3, 0.4) is 0 Å². The maximum Gasteiger partial charge on any atom is 0.234 e. The number of hydrogen-bond donors (Lipinski definition) is 1. The Bertz CT molecular complexity index is 1240. The van der Waals surface area contributed by atoms with Crippen LogP contribution in [0.2, 0.25) is 0 Å². The van der Waals surface area contributed by atoms with Gasteiger partial charge in [-0.05, 0) is 35.7 Å². The van der Waals surface area contributed by atoms with Crippen LogP contribution >= 0.6 is 23.1 Å². The maximum absolute atomic E-state index is 12.7. The number of carbonyl (C=O) groups is 1. The number of methoxy groups -OCH3 is 3. The molecule has 4 aromatic rings. The Kier molecular flexibility index (Phi) is 7.16. The quantitative estimate of drug-likeness (QED) is 0.344. The fraction of sp³-hybridized carbons (Fsp3) is 0.174. The Labute approximate surface area is 199 Å². The lowest BCUT2D eigenvalue weighted by atomic mass is 10.2. The van der Waals surface area contributed by atoms with Crippen LogP contribution in [0.15, 0.2) is 65.1 Å². The zero-order valence-corrected chi connectivity index (χ0v) is 19.9. The third-order valence-electron chi connectivity index (χ3n) is 4.70. The standard InChI is InChI=1S/C23H22N4O4S2/c1-29-17-8-5-4-7-16(17)27-22(20-9-6-12-32-20)25-26-23(27)33-14-21(28)24-15-10-11-18(30-2)19(13-15)31-3/h4-13H,14H2,1-3H3,(H,24,28). The lowest BCUT2D eigenvalue weighted by Gasteiger charge is -2.13. The number of thioether (sulfide) groups is 1. The highest BCUT2D eigenvalue weighted by atomic mass is 32.2. The van der Waals surface area contributed by atoms with Crippen molar-refractivity contribution in [1.82, 2.24) is 14.8 Å². The number of ether oxygens (including phenoxy) is 3. The molecule has 4 rings (SSSR count). The zero-order chi connectivity index (χ0) is 23.2. The van der Waals surface area contributed by atoms with Crippen molar-refractivity contribution in [2.75, 3.05) is 32.4 Å². The smallest absolute Gasteiger partial charge is 0.234 e. The first-order valence-electron chi connectivity index (χ1n) is 9.92. The number of aromatic nitrogens is 3. The highest BCUT2D eigenvalue weighted by Crippen LogP contribution is 2.34. The molecule has 0 bridgehead atoms. The van der Waals surface area contributed by atoms with Crippen LogP contribution in [0.1, 0.15) is 0 Å². The van der Waals surface area contributed by atoms with Gasteiger partial charge in [0.2, 0.25) is 5.91 Å². The van der Waals surface area contributed by atoms with Gasteiger partial charge in [-0.15, -0.1) is 21.5 Å². The number of anilines is 1. The average molecular weight is 483 g/mol. The van der Waals surface area contributed by atoms with Crippen LogP contribution in [0.25, 0.3) is 16.4 Å². The van der Waals surface area contributed by atoms with E-state index in [0.29, 0.717) is 33.9 Å². The largest absolute Gasteiger partial charge is 0.495 e. The number of nitrogens with zero attached hydrogens (tertiary/aromatic N) is 3. The summed E-state index contributed by atoms with van der Waals surface area (Å²) in [5.74, 6) is 2.48. The lowest BCUT2D eigenvalue weighted by molar-refractivity contribution is -0.113. The summed E-state index contributed by atoms with van der Waals surface area (Å²) in [6, 6.07) is 16.8. The highest BCUT2D eigenvalue weighted by Gasteiger charge is 2.20. The molecule has 33 heavy (non-hydrogen) atoms. The van der Waals surface area contributed by atoms with Crippen molar-refractivity contribution in [2.45, 2.75) is 5.16 Å². The first-order valence-corrected chi connectivity index (χ1v) is 11.8. The number of amides is 1. The van der Waals surface area contributed by atoms with Gasteiger partial charge in [0.25, 0.3) is 0 Å². The summed E-state index contributed by atoms with van der Waals surface area (Å²) in [5.41, 5.74) is 1.42. The van der Waals surface area contributed by atoms with Gasteiger partial charge in [0, 0.05) is 11.8 Å². The molecule has 1 amide bonds. The molecule has 0 aliphatic heterocycles. The summed E-state index contributed by atoms with van der Waals surface area (Å²) in [6.07, 6.45) is 0. The number of hydrogen-bond acceptors (Lipinski definition) is 8. The van der Waals surface area contributed by atoms with Crippen LogP contribution in [-0.4, -0.2) is 47.8 Å². The first-order chi connectivity index (χ1) is 16.1. The topological polar surface area (TPSA) is 87.5 Å². The van der Waals surface area contributed by atoms with Gasteiger partial charge in [-0.3, -0.25) is 9.36 Å². The molecule has 0 aliphatic rings. The van der Waals surface area contributed by atoms with Crippen LogP contribution in [0.4, 0.5) is 5.69 Å². The Hall–Kier alpha value is -3.50. The highest BCUT2D eigenvalue weighted by molar-refractivity contribution is 7.99. The van der Waals surface area contributed by atoms with Gasteiger partial charge in [0.1, 0.15) is 5.75 Å². The van der Waals surface area contributed by atoms with Crippen molar-refractivity contribution in [1.29, 1.82) is 0 Å². The fourth-order valence-electron chi connectivity index (χ4n) is 3.20. The third-order valence-corrected chi connectivity index (χ3v) is 6.50. The van der Waals surface area contributed by atoms with E-state index in [9.17, 15) is 4.79 Å². The van der Waals surface area contributed by atoms with E-state index in [2.05, 4.69) is 15.5 Å². The summed E-state index contributed by atoms with van der Waals surface area (Å²) >= 11 is 2.86. The molecule has 0 unspecified atom stereocenters. The molecule has 10 heteroatoms. The molecule has 0 atom stereocenters. The molecule has 0 spiro atoms. The number of para-hydroxylation sites is 2. The molecule has 2 aromatic heterocycles. The predicted octanol–water partition coefficient (Wildman–Crippen LogP) is 4.75. The normalized spacial score (nSPS) is 10.6. The van der Waals surface area contributed by atoms with E-state index in [1.165, 1.54) is 11.8 Å².